The monoisotopic (exact) mass is 182 g/mol. The zero-order chi connectivity index (χ0) is 9.73. The van der Waals surface area contributed by atoms with Gasteiger partial charge in [-0.2, -0.15) is 0 Å². The van der Waals surface area contributed by atoms with E-state index in [1.54, 1.807) is 6.26 Å². The van der Waals surface area contributed by atoms with Crippen LogP contribution in [0.4, 0.5) is 0 Å². The average molecular weight is 182 g/mol. The van der Waals surface area contributed by atoms with Crippen LogP contribution < -0.4 is 0 Å². The molecule has 0 saturated heterocycles. The molecule has 0 spiro atoms. The number of furan rings is 1. The summed E-state index contributed by atoms with van der Waals surface area (Å²) < 4.78 is 6.37. The zero-order valence-corrected chi connectivity index (χ0v) is 8.92. The molecule has 0 atom stereocenters. The summed E-state index contributed by atoms with van der Waals surface area (Å²) >= 11 is 0. The summed E-state index contributed by atoms with van der Waals surface area (Å²) in [5.41, 5.74) is 0. The number of rotatable bonds is 5. The Balaban J connectivity index is 2.21. The van der Waals surface area contributed by atoms with E-state index < -0.39 is 0 Å². The van der Waals surface area contributed by atoms with Crippen molar-refractivity contribution in [1.29, 1.82) is 0 Å². The van der Waals surface area contributed by atoms with Gasteiger partial charge in [0.2, 0.25) is 0 Å². The molecule has 0 saturated carbocycles. The molecule has 1 heterocycles. The maximum absolute atomic E-state index is 5.27. The summed E-state index contributed by atoms with van der Waals surface area (Å²) in [5, 5.41) is 0. The first kappa shape index (κ1) is 10.3. The highest BCUT2D eigenvalue weighted by atomic mass is 16.3. The second-order valence-corrected chi connectivity index (χ2v) is 4.16. The van der Waals surface area contributed by atoms with Gasteiger partial charge in [0.25, 0.3) is 0 Å². The minimum atomic E-state index is 1.06. The molecular weight excluding hydrogens is 162 g/mol. The highest BCUT2D eigenvalue weighted by molar-refractivity contribution is 4.97. The predicted molar refractivity (Wildman–Crippen MR) is 54.5 cm³/mol. The molecule has 0 aliphatic carbocycles. The smallest absolute Gasteiger partial charge is 0.103 e. The van der Waals surface area contributed by atoms with E-state index in [0.29, 0.717) is 0 Å². The fourth-order valence-corrected chi connectivity index (χ4v) is 1.29. The number of hydrogen-bond donors (Lipinski definition) is 0. The van der Waals surface area contributed by atoms with Gasteiger partial charge in [0.1, 0.15) is 5.76 Å². The molecule has 2 heteroatoms. The fourth-order valence-electron chi connectivity index (χ4n) is 1.29. The summed E-state index contributed by atoms with van der Waals surface area (Å²) in [4.78, 5) is 0. The van der Waals surface area contributed by atoms with Crippen molar-refractivity contribution in [2.45, 2.75) is 19.8 Å². The van der Waals surface area contributed by atoms with Crippen molar-refractivity contribution < 1.29 is 8.90 Å². The van der Waals surface area contributed by atoms with Gasteiger partial charge < -0.3 is 8.90 Å². The van der Waals surface area contributed by atoms with Gasteiger partial charge in [-0.05, 0) is 19.1 Å². The van der Waals surface area contributed by atoms with Crippen LogP contribution in [0.2, 0.25) is 0 Å². The first-order valence-electron chi connectivity index (χ1n) is 4.98. The Morgan fingerprint density at radius 1 is 1.38 bits per heavy atom. The molecule has 13 heavy (non-hydrogen) atoms. The molecule has 0 unspecified atom stereocenters. The summed E-state index contributed by atoms with van der Waals surface area (Å²) in [6, 6.07) is 4.00. The van der Waals surface area contributed by atoms with Crippen LogP contribution >= 0.6 is 0 Å². The summed E-state index contributed by atoms with van der Waals surface area (Å²) in [6.07, 6.45) is 4.01. The third-order valence-electron chi connectivity index (χ3n) is 2.62. The van der Waals surface area contributed by atoms with Gasteiger partial charge in [-0.15, -0.1) is 0 Å². The minimum Gasteiger partial charge on any atom is -0.469 e. The molecule has 0 bridgehead atoms. The molecular formula is C11H20NO+. The molecule has 2 nitrogen and oxygen atoms in total. The Bertz CT molecular complexity index is 226. The first-order valence-corrected chi connectivity index (χ1v) is 4.98. The van der Waals surface area contributed by atoms with E-state index in [9.17, 15) is 0 Å². The molecule has 1 aromatic heterocycles. The Hall–Kier alpha value is -0.760. The number of nitrogens with zero attached hydrogens (tertiary/aromatic N) is 1. The summed E-state index contributed by atoms with van der Waals surface area (Å²) in [7, 11) is 4.53. The van der Waals surface area contributed by atoms with Crippen LogP contribution in [-0.4, -0.2) is 31.7 Å². The molecule has 1 rings (SSSR count). The first-order chi connectivity index (χ1) is 6.14. The second-order valence-electron chi connectivity index (χ2n) is 4.16. The Labute approximate surface area is 80.8 Å². The lowest BCUT2D eigenvalue weighted by Gasteiger charge is -2.27. The largest absolute Gasteiger partial charge is 0.469 e. The van der Waals surface area contributed by atoms with Crippen molar-refractivity contribution in [3.8, 4) is 0 Å². The van der Waals surface area contributed by atoms with Crippen molar-refractivity contribution >= 4 is 0 Å². The summed E-state index contributed by atoms with van der Waals surface area (Å²) in [5.74, 6) is 1.11. The minimum absolute atomic E-state index is 1.06. The molecule has 0 N–H and O–H groups in total. The fraction of sp³-hybridized carbons (Fsp3) is 0.636. The Morgan fingerprint density at radius 2 is 2.15 bits per heavy atom. The van der Waals surface area contributed by atoms with E-state index in [0.717, 1.165) is 16.7 Å². The second kappa shape index (κ2) is 4.47. The van der Waals surface area contributed by atoms with E-state index in [2.05, 4.69) is 21.0 Å². The topological polar surface area (TPSA) is 13.1 Å². The number of quaternary nitrogens is 1. The Kier molecular flexibility index (Phi) is 3.55. The van der Waals surface area contributed by atoms with E-state index >= 15 is 0 Å². The van der Waals surface area contributed by atoms with Crippen molar-refractivity contribution in [2.24, 2.45) is 0 Å². The lowest BCUT2D eigenvalue weighted by molar-refractivity contribution is -0.888. The normalized spacial score (nSPS) is 11.9. The van der Waals surface area contributed by atoms with Crippen LogP contribution in [0.15, 0.2) is 22.8 Å². The average Bonchev–Trinajstić information content (AvgIpc) is 2.57. The molecule has 0 aromatic carbocycles. The third-order valence-corrected chi connectivity index (χ3v) is 2.62. The van der Waals surface area contributed by atoms with Crippen molar-refractivity contribution in [2.75, 3.05) is 27.2 Å². The van der Waals surface area contributed by atoms with Crippen molar-refractivity contribution in [1.82, 2.24) is 0 Å². The third kappa shape index (κ3) is 3.64. The molecule has 0 fully saturated rings. The predicted octanol–water partition coefficient (Wildman–Crippen LogP) is 2.31. The Morgan fingerprint density at radius 3 is 2.69 bits per heavy atom. The quantitative estimate of drug-likeness (QED) is 0.637. The highest BCUT2D eigenvalue weighted by Crippen LogP contribution is 2.06. The molecule has 0 radical (unpaired) electrons. The standard InChI is InChI=1S/C11H20NO/c1-4-12(2,3)9-5-7-11-8-6-10-13-11/h6,8,10H,4-5,7,9H2,1-3H3/q+1. The van der Waals surface area contributed by atoms with Gasteiger partial charge in [-0.3, -0.25) is 0 Å². The van der Waals surface area contributed by atoms with E-state index in [4.69, 9.17) is 4.42 Å². The van der Waals surface area contributed by atoms with E-state index in [-0.39, 0.29) is 0 Å². The maximum Gasteiger partial charge on any atom is 0.103 e. The lowest BCUT2D eigenvalue weighted by atomic mass is 10.2. The highest BCUT2D eigenvalue weighted by Gasteiger charge is 2.10. The maximum atomic E-state index is 5.27. The molecule has 1 aromatic rings. The van der Waals surface area contributed by atoms with Gasteiger partial charge in [-0.1, -0.05) is 0 Å². The van der Waals surface area contributed by atoms with Gasteiger partial charge in [0, 0.05) is 12.8 Å². The van der Waals surface area contributed by atoms with Gasteiger partial charge in [0.05, 0.1) is 33.4 Å². The van der Waals surface area contributed by atoms with Crippen LogP contribution in [0.1, 0.15) is 19.1 Å². The van der Waals surface area contributed by atoms with E-state index in [1.807, 2.05) is 12.1 Å². The van der Waals surface area contributed by atoms with E-state index in [1.165, 1.54) is 19.5 Å². The van der Waals surface area contributed by atoms with Crippen LogP contribution in [-0.2, 0) is 6.42 Å². The molecule has 0 aliphatic heterocycles. The van der Waals surface area contributed by atoms with Gasteiger partial charge >= 0.3 is 0 Å². The number of hydrogen-bond acceptors (Lipinski definition) is 1. The van der Waals surface area contributed by atoms with Crippen molar-refractivity contribution in [3.05, 3.63) is 24.2 Å². The molecule has 0 amide bonds. The molecule has 74 valence electrons. The van der Waals surface area contributed by atoms with Crippen LogP contribution in [0.3, 0.4) is 0 Å². The van der Waals surface area contributed by atoms with Gasteiger partial charge in [0.15, 0.2) is 0 Å². The van der Waals surface area contributed by atoms with Crippen molar-refractivity contribution in [3.63, 3.8) is 0 Å². The lowest BCUT2D eigenvalue weighted by Crippen LogP contribution is -2.40. The SMILES string of the molecule is CC[N+](C)(C)CCCc1ccco1. The zero-order valence-electron chi connectivity index (χ0n) is 8.92. The van der Waals surface area contributed by atoms with Gasteiger partial charge in [-0.25, -0.2) is 0 Å². The summed E-state index contributed by atoms with van der Waals surface area (Å²) in [6.45, 7) is 4.64. The molecule has 0 aliphatic rings. The van der Waals surface area contributed by atoms with Crippen LogP contribution in [0.25, 0.3) is 0 Å². The van der Waals surface area contributed by atoms with Crippen LogP contribution in [0.5, 0.6) is 0 Å². The van der Waals surface area contributed by atoms with Crippen LogP contribution in [0, 0.1) is 0 Å². The number of aryl methyl sites for hydroxylation is 1.